The fraction of sp³-hybridized carbons (Fsp3) is 0.261. The van der Waals surface area contributed by atoms with Crippen LogP contribution in [0.3, 0.4) is 0 Å². The Hall–Kier alpha value is -3.86. The molecule has 1 unspecified atom stereocenters. The number of carbonyl (C=O) groups excluding carboxylic acids is 1. The van der Waals surface area contributed by atoms with E-state index in [1.807, 2.05) is 20.0 Å². The van der Waals surface area contributed by atoms with Crippen LogP contribution in [0.15, 0.2) is 37.2 Å². The van der Waals surface area contributed by atoms with E-state index in [2.05, 4.69) is 30.6 Å². The molecule has 178 valence electrons. The standard InChI is InChI=1S/C23H19ClF2N8O/c1-10-4-29-34(7-10)11(2)18-21(26)20(24)19(13-5-28-32-22(13)18)15-8-33-9-16(30-17(33)6-27-15)31-23(35)12-3-14(12)25/h4-9,11-12,14H,3H2,1-2H3,(H,28,32)(H,31,35)/t11?,12-,14+/m1/s1. The van der Waals surface area contributed by atoms with Crippen LogP contribution in [0, 0.1) is 18.7 Å². The van der Waals surface area contributed by atoms with Gasteiger partial charge in [0, 0.05) is 28.9 Å². The number of imidazole rings is 1. The van der Waals surface area contributed by atoms with E-state index in [1.54, 1.807) is 33.9 Å². The molecule has 4 aromatic heterocycles. The summed E-state index contributed by atoms with van der Waals surface area (Å²) in [6.07, 6.45) is 8.95. The van der Waals surface area contributed by atoms with E-state index in [4.69, 9.17) is 11.6 Å². The fourth-order valence-electron chi connectivity index (χ4n) is 4.30. The van der Waals surface area contributed by atoms with Crippen LogP contribution >= 0.6 is 11.6 Å². The van der Waals surface area contributed by atoms with E-state index in [-0.39, 0.29) is 17.3 Å². The van der Waals surface area contributed by atoms with Crippen molar-refractivity contribution in [3.63, 3.8) is 0 Å². The molecule has 6 rings (SSSR count). The summed E-state index contributed by atoms with van der Waals surface area (Å²) >= 11 is 6.58. The summed E-state index contributed by atoms with van der Waals surface area (Å²) in [6.45, 7) is 3.74. The number of H-pyrrole nitrogens is 1. The monoisotopic (exact) mass is 496 g/mol. The van der Waals surface area contributed by atoms with Crippen LogP contribution in [0.2, 0.25) is 5.02 Å². The van der Waals surface area contributed by atoms with Crippen molar-refractivity contribution in [3.8, 4) is 11.3 Å². The lowest BCUT2D eigenvalue weighted by Gasteiger charge is -2.17. The maximum Gasteiger partial charge on any atom is 0.231 e. The molecule has 1 saturated carbocycles. The molecule has 12 heteroatoms. The molecule has 35 heavy (non-hydrogen) atoms. The number of amides is 1. The van der Waals surface area contributed by atoms with E-state index in [0.29, 0.717) is 33.4 Å². The van der Waals surface area contributed by atoms with Crippen molar-refractivity contribution in [1.29, 1.82) is 0 Å². The molecular weight excluding hydrogens is 478 g/mol. The zero-order chi connectivity index (χ0) is 24.4. The van der Waals surface area contributed by atoms with Crippen molar-refractivity contribution in [1.82, 2.24) is 34.3 Å². The molecule has 0 spiro atoms. The molecule has 0 bridgehead atoms. The number of hydrogen-bond donors (Lipinski definition) is 2. The third kappa shape index (κ3) is 3.54. The first-order valence-corrected chi connectivity index (χ1v) is 11.3. The number of carbonyl (C=O) groups is 1. The van der Waals surface area contributed by atoms with Crippen molar-refractivity contribution in [2.24, 2.45) is 5.92 Å². The van der Waals surface area contributed by atoms with Crippen molar-refractivity contribution < 1.29 is 13.6 Å². The van der Waals surface area contributed by atoms with E-state index >= 15 is 4.39 Å². The Morgan fingerprint density at radius 1 is 1.29 bits per heavy atom. The lowest BCUT2D eigenvalue weighted by Crippen LogP contribution is -2.15. The minimum Gasteiger partial charge on any atom is -0.309 e. The summed E-state index contributed by atoms with van der Waals surface area (Å²) in [6, 6.07) is -0.441. The smallest absolute Gasteiger partial charge is 0.231 e. The zero-order valence-corrected chi connectivity index (χ0v) is 19.4. The molecule has 1 aromatic carbocycles. The van der Waals surface area contributed by atoms with Gasteiger partial charge < -0.3 is 9.72 Å². The molecule has 4 heterocycles. The summed E-state index contributed by atoms with van der Waals surface area (Å²) in [7, 11) is 0. The van der Waals surface area contributed by atoms with Gasteiger partial charge in [0.05, 0.1) is 53.0 Å². The number of nitrogens with zero attached hydrogens (tertiary/aromatic N) is 6. The second-order valence-electron chi connectivity index (χ2n) is 8.76. The second kappa shape index (κ2) is 7.84. The maximum atomic E-state index is 15.7. The molecule has 0 saturated heterocycles. The Labute approximate surface area is 202 Å². The maximum absolute atomic E-state index is 15.7. The van der Waals surface area contributed by atoms with Crippen LogP contribution in [0.1, 0.15) is 30.5 Å². The summed E-state index contributed by atoms with van der Waals surface area (Å²) < 4.78 is 32.2. The second-order valence-corrected chi connectivity index (χ2v) is 9.14. The third-order valence-corrected chi connectivity index (χ3v) is 6.62. The number of anilines is 1. The van der Waals surface area contributed by atoms with Crippen molar-refractivity contribution in [2.75, 3.05) is 5.32 Å². The van der Waals surface area contributed by atoms with E-state index in [0.717, 1.165) is 5.56 Å². The van der Waals surface area contributed by atoms with Gasteiger partial charge in [0.15, 0.2) is 11.5 Å². The molecule has 1 aliphatic carbocycles. The molecule has 0 aliphatic heterocycles. The average Bonchev–Trinajstić information content (AvgIpc) is 3.19. The van der Waals surface area contributed by atoms with Gasteiger partial charge in [-0.2, -0.15) is 10.2 Å². The fourth-order valence-corrected chi connectivity index (χ4v) is 4.60. The van der Waals surface area contributed by atoms with Gasteiger partial charge in [0.2, 0.25) is 5.91 Å². The molecule has 3 atom stereocenters. The number of aromatic nitrogens is 7. The lowest BCUT2D eigenvalue weighted by atomic mass is 9.98. The molecule has 5 aromatic rings. The minimum atomic E-state index is -1.10. The van der Waals surface area contributed by atoms with Gasteiger partial charge >= 0.3 is 0 Å². The van der Waals surface area contributed by atoms with Crippen LogP contribution in [0.4, 0.5) is 14.6 Å². The van der Waals surface area contributed by atoms with Crippen LogP contribution in [0.5, 0.6) is 0 Å². The Kier molecular flexibility index (Phi) is 4.85. The first-order valence-electron chi connectivity index (χ1n) is 11.0. The number of nitrogens with one attached hydrogen (secondary N) is 2. The minimum absolute atomic E-state index is 0.0900. The Morgan fingerprint density at radius 3 is 2.80 bits per heavy atom. The topological polar surface area (TPSA) is 106 Å². The first-order chi connectivity index (χ1) is 16.8. The number of aromatic amines is 1. The number of halogens is 3. The van der Waals surface area contributed by atoms with Gasteiger partial charge in [-0.15, -0.1) is 0 Å². The van der Waals surface area contributed by atoms with Gasteiger partial charge in [-0.3, -0.25) is 19.6 Å². The molecule has 1 amide bonds. The molecule has 1 aliphatic rings. The SMILES string of the molecule is Cc1cnn(C(C)c2c(F)c(Cl)c(-c3cn4cc(NC(=O)[C@@H]5C[C@@H]5F)nc4cn3)c3cn[nH]c23)c1. The highest BCUT2D eigenvalue weighted by atomic mass is 35.5. The van der Waals surface area contributed by atoms with E-state index < -0.39 is 29.9 Å². The van der Waals surface area contributed by atoms with Gasteiger partial charge in [-0.25, -0.2) is 13.8 Å². The average molecular weight is 497 g/mol. The van der Waals surface area contributed by atoms with Gasteiger partial charge in [-0.05, 0) is 25.8 Å². The summed E-state index contributed by atoms with van der Waals surface area (Å²) in [5, 5.41) is 14.5. The van der Waals surface area contributed by atoms with Crippen LogP contribution < -0.4 is 5.32 Å². The van der Waals surface area contributed by atoms with Crippen LogP contribution in [0.25, 0.3) is 27.8 Å². The lowest BCUT2D eigenvalue weighted by molar-refractivity contribution is -0.117. The zero-order valence-electron chi connectivity index (χ0n) is 18.6. The Balaban J connectivity index is 1.42. The molecular formula is C23H19ClF2N8O. The third-order valence-electron chi connectivity index (χ3n) is 6.27. The summed E-state index contributed by atoms with van der Waals surface area (Å²) in [5.41, 5.74) is 3.01. The number of aryl methyl sites for hydroxylation is 1. The van der Waals surface area contributed by atoms with Crippen molar-refractivity contribution in [3.05, 3.63) is 59.1 Å². The number of rotatable bonds is 5. The summed E-state index contributed by atoms with van der Waals surface area (Å²) in [4.78, 5) is 20.8. The Bertz CT molecular complexity index is 1620. The Morgan fingerprint density at radius 2 is 2.09 bits per heavy atom. The summed E-state index contributed by atoms with van der Waals surface area (Å²) in [5.74, 6) is -1.35. The highest BCUT2D eigenvalue weighted by Gasteiger charge is 2.43. The predicted molar refractivity (Wildman–Crippen MR) is 125 cm³/mol. The van der Waals surface area contributed by atoms with Crippen LogP contribution in [-0.2, 0) is 4.79 Å². The number of alkyl halides is 1. The van der Waals surface area contributed by atoms with E-state index in [1.165, 1.54) is 6.20 Å². The molecule has 1 fully saturated rings. The largest absolute Gasteiger partial charge is 0.309 e. The number of hydrogen-bond acceptors (Lipinski definition) is 5. The number of benzene rings is 1. The highest BCUT2D eigenvalue weighted by Crippen LogP contribution is 2.41. The van der Waals surface area contributed by atoms with Crippen molar-refractivity contribution >= 4 is 39.9 Å². The van der Waals surface area contributed by atoms with Crippen LogP contribution in [-0.4, -0.2) is 46.4 Å². The normalized spacial score (nSPS) is 18.3. The van der Waals surface area contributed by atoms with Gasteiger partial charge in [0.25, 0.3) is 0 Å². The van der Waals surface area contributed by atoms with Gasteiger partial charge in [-0.1, -0.05) is 11.6 Å². The van der Waals surface area contributed by atoms with Gasteiger partial charge in [0.1, 0.15) is 12.0 Å². The van der Waals surface area contributed by atoms with E-state index in [9.17, 15) is 9.18 Å². The highest BCUT2D eigenvalue weighted by molar-refractivity contribution is 6.35. The quantitative estimate of drug-likeness (QED) is 0.373. The molecule has 2 N–H and O–H groups in total. The number of fused-ring (bicyclic) bond motifs is 2. The molecule has 9 nitrogen and oxygen atoms in total. The predicted octanol–water partition coefficient (Wildman–Crippen LogP) is 4.48. The van der Waals surface area contributed by atoms with Crippen molar-refractivity contribution in [2.45, 2.75) is 32.5 Å². The first kappa shape index (κ1) is 21.7. The molecule has 0 radical (unpaired) electrons.